The third-order valence-corrected chi connectivity index (χ3v) is 4.72. The molecule has 0 aliphatic carbocycles. The summed E-state index contributed by atoms with van der Waals surface area (Å²) < 4.78 is 0. The van der Waals surface area contributed by atoms with Crippen LogP contribution in [0.5, 0.6) is 11.5 Å². The van der Waals surface area contributed by atoms with Gasteiger partial charge in [0.15, 0.2) is 0 Å². The molecule has 0 radical (unpaired) electrons. The summed E-state index contributed by atoms with van der Waals surface area (Å²) in [5, 5.41) is 18.8. The molecule has 2 heteroatoms. The zero-order valence-corrected chi connectivity index (χ0v) is 14.8. The molecule has 0 aliphatic rings. The van der Waals surface area contributed by atoms with Gasteiger partial charge >= 0.3 is 0 Å². The quantitative estimate of drug-likeness (QED) is 0.471. The highest BCUT2D eigenvalue weighted by molar-refractivity contribution is 5.65. The number of phenolic OH excluding ortho intramolecular Hbond substituents is 2. The van der Waals surface area contributed by atoms with Gasteiger partial charge in [-0.05, 0) is 64.1 Å². The molecule has 4 aromatic carbocycles. The maximum atomic E-state index is 9.41. The minimum Gasteiger partial charge on any atom is -0.508 e. The van der Waals surface area contributed by atoms with E-state index in [0.717, 1.165) is 28.7 Å². The summed E-state index contributed by atoms with van der Waals surface area (Å²) in [5.74, 6) is 0.567. The fraction of sp³-hybridized carbons (Fsp3) is 0.0400. The molecule has 0 saturated heterocycles. The zero-order valence-electron chi connectivity index (χ0n) is 14.8. The van der Waals surface area contributed by atoms with Crippen molar-refractivity contribution < 1.29 is 10.2 Å². The third kappa shape index (κ3) is 4.01. The van der Waals surface area contributed by atoms with E-state index in [1.807, 2.05) is 24.3 Å². The van der Waals surface area contributed by atoms with Crippen LogP contribution in [0.3, 0.4) is 0 Å². The number of aromatic hydroxyl groups is 2. The maximum Gasteiger partial charge on any atom is 0.115 e. The van der Waals surface area contributed by atoms with Gasteiger partial charge < -0.3 is 10.2 Å². The predicted molar refractivity (Wildman–Crippen MR) is 110 cm³/mol. The van der Waals surface area contributed by atoms with E-state index < -0.39 is 0 Å². The van der Waals surface area contributed by atoms with E-state index >= 15 is 0 Å². The van der Waals surface area contributed by atoms with Gasteiger partial charge in [0.2, 0.25) is 0 Å². The summed E-state index contributed by atoms with van der Waals surface area (Å²) in [6.07, 6.45) is 0.881. The lowest BCUT2D eigenvalue weighted by molar-refractivity contribution is 0.475. The first kappa shape index (κ1) is 16.9. The van der Waals surface area contributed by atoms with Crippen molar-refractivity contribution in [3.05, 3.63) is 108 Å². The summed E-state index contributed by atoms with van der Waals surface area (Å²) in [4.78, 5) is 0. The predicted octanol–water partition coefficient (Wildman–Crippen LogP) is 6.02. The number of hydrogen-bond donors (Lipinski definition) is 2. The standard InChI is InChI=1S/C25H20O2/c26-24-13-9-22(10-14-24)20-5-1-18(2-6-20)17-19-3-7-21(8-4-19)23-11-15-25(27)16-12-23/h1-16,26-27H,17H2. The molecule has 2 nitrogen and oxygen atoms in total. The molecule has 0 spiro atoms. The van der Waals surface area contributed by atoms with Crippen molar-refractivity contribution in [3.63, 3.8) is 0 Å². The van der Waals surface area contributed by atoms with Crippen LogP contribution in [0.2, 0.25) is 0 Å². The molecule has 0 bridgehead atoms. The molecule has 0 saturated carbocycles. The van der Waals surface area contributed by atoms with Gasteiger partial charge in [0.25, 0.3) is 0 Å². The minimum atomic E-state index is 0.283. The van der Waals surface area contributed by atoms with Crippen LogP contribution in [-0.4, -0.2) is 10.2 Å². The van der Waals surface area contributed by atoms with Crippen molar-refractivity contribution in [1.82, 2.24) is 0 Å². The number of hydrogen-bond acceptors (Lipinski definition) is 2. The van der Waals surface area contributed by atoms with Gasteiger partial charge in [-0.25, -0.2) is 0 Å². The van der Waals surface area contributed by atoms with Gasteiger partial charge in [-0.2, -0.15) is 0 Å². The molecule has 0 heterocycles. The Morgan fingerprint density at radius 1 is 0.370 bits per heavy atom. The average molecular weight is 352 g/mol. The van der Waals surface area contributed by atoms with E-state index in [4.69, 9.17) is 0 Å². The molecule has 0 fully saturated rings. The van der Waals surface area contributed by atoms with Crippen molar-refractivity contribution >= 4 is 0 Å². The second-order valence-electron chi connectivity index (χ2n) is 6.66. The highest BCUT2D eigenvalue weighted by Crippen LogP contribution is 2.25. The fourth-order valence-electron chi connectivity index (χ4n) is 3.17. The normalized spacial score (nSPS) is 10.7. The van der Waals surface area contributed by atoms with Crippen LogP contribution in [0.1, 0.15) is 11.1 Å². The Morgan fingerprint density at radius 2 is 0.630 bits per heavy atom. The topological polar surface area (TPSA) is 40.5 Å². The molecule has 2 N–H and O–H groups in total. The molecule has 4 rings (SSSR count). The minimum absolute atomic E-state index is 0.283. The Bertz CT molecular complexity index is 927. The Labute approximate surface area is 159 Å². The van der Waals surface area contributed by atoms with Gasteiger partial charge in [0.05, 0.1) is 0 Å². The maximum absolute atomic E-state index is 9.41. The van der Waals surface area contributed by atoms with E-state index in [-0.39, 0.29) is 11.5 Å². The molecular weight excluding hydrogens is 332 g/mol. The number of rotatable bonds is 4. The second-order valence-corrected chi connectivity index (χ2v) is 6.66. The first-order chi connectivity index (χ1) is 13.2. The van der Waals surface area contributed by atoms with Gasteiger partial charge in [0, 0.05) is 0 Å². The third-order valence-electron chi connectivity index (χ3n) is 4.72. The molecule has 0 amide bonds. The molecule has 4 aromatic rings. The SMILES string of the molecule is Oc1ccc(-c2ccc(Cc3ccc(-c4ccc(O)cc4)cc3)cc2)cc1. The lowest BCUT2D eigenvalue weighted by atomic mass is 9.98. The lowest BCUT2D eigenvalue weighted by Crippen LogP contribution is -1.89. The van der Waals surface area contributed by atoms with Crippen LogP contribution >= 0.6 is 0 Å². The van der Waals surface area contributed by atoms with Crippen LogP contribution in [0.4, 0.5) is 0 Å². The first-order valence-corrected chi connectivity index (χ1v) is 8.94. The summed E-state index contributed by atoms with van der Waals surface area (Å²) in [5.41, 5.74) is 6.99. The first-order valence-electron chi connectivity index (χ1n) is 8.94. The molecular formula is C25H20O2. The van der Waals surface area contributed by atoms with Crippen LogP contribution < -0.4 is 0 Å². The molecule has 0 aromatic heterocycles. The zero-order chi connectivity index (χ0) is 18.6. The molecule has 132 valence electrons. The second kappa shape index (κ2) is 7.38. The molecule has 0 atom stereocenters. The largest absolute Gasteiger partial charge is 0.508 e. The van der Waals surface area contributed by atoms with E-state index in [9.17, 15) is 10.2 Å². The summed E-state index contributed by atoms with van der Waals surface area (Å²) in [7, 11) is 0. The van der Waals surface area contributed by atoms with Crippen molar-refractivity contribution in [3.8, 4) is 33.8 Å². The van der Waals surface area contributed by atoms with E-state index in [0.29, 0.717) is 0 Å². The van der Waals surface area contributed by atoms with Crippen LogP contribution in [0, 0.1) is 0 Å². The average Bonchev–Trinajstić information content (AvgIpc) is 2.71. The van der Waals surface area contributed by atoms with Crippen LogP contribution in [0.25, 0.3) is 22.3 Å². The Hall–Kier alpha value is -3.52. The van der Waals surface area contributed by atoms with Gasteiger partial charge in [-0.1, -0.05) is 72.8 Å². The van der Waals surface area contributed by atoms with E-state index in [2.05, 4.69) is 48.5 Å². The smallest absolute Gasteiger partial charge is 0.115 e. The monoisotopic (exact) mass is 352 g/mol. The highest BCUT2D eigenvalue weighted by Gasteiger charge is 2.02. The molecule has 0 aliphatic heterocycles. The highest BCUT2D eigenvalue weighted by atomic mass is 16.3. The lowest BCUT2D eigenvalue weighted by Gasteiger charge is -2.07. The van der Waals surface area contributed by atoms with Crippen LogP contribution in [-0.2, 0) is 6.42 Å². The molecule has 0 unspecified atom stereocenters. The van der Waals surface area contributed by atoms with E-state index in [1.165, 1.54) is 11.1 Å². The molecule has 27 heavy (non-hydrogen) atoms. The summed E-state index contributed by atoms with van der Waals surface area (Å²) in [6, 6.07) is 31.6. The number of phenols is 2. The fourth-order valence-corrected chi connectivity index (χ4v) is 3.17. The van der Waals surface area contributed by atoms with Crippen LogP contribution in [0.15, 0.2) is 97.1 Å². The van der Waals surface area contributed by atoms with Gasteiger partial charge in [0.1, 0.15) is 11.5 Å². The van der Waals surface area contributed by atoms with E-state index in [1.54, 1.807) is 24.3 Å². The Morgan fingerprint density at radius 3 is 0.926 bits per heavy atom. The summed E-state index contributed by atoms with van der Waals surface area (Å²) >= 11 is 0. The van der Waals surface area contributed by atoms with Crippen molar-refractivity contribution in [1.29, 1.82) is 0 Å². The van der Waals surface area contributed by atoms with Crippen molar-refractivity contribution in [2.45, 2.75) is 6.42 Å². The van der Waals surface area contributed by atoms with Gasteiger partial charge in [-0.15, -0.1) is 0 Å². The summed E-state index contributed by atoms with van der Waals surface area (Å²) in [6.45, 7) is 0. The van der Waals surface area contributed by atoms with Crippen molar-refractivity contribution in [2.75, 3.05) is 0 Å². The Balaban J connectivity index is 1.47. The van der Waals surface area contributed by atoms with Crippen molar-refractivity contribution in [2.24, 2.45) is 0 Å². The van der Waals surface area contributed by atoms with Gasteiger partial charge in [-0.3, -0.25) is 0 Å². The number of benzene rings is 4. The Kier molecular flexibility index (Phi) is 4.63.